The zero-order valence-corrected chi connectivity index (χ0v) is 18.2. The van der Waals surface area contributed by atoms with Crippen molar-refractivity contribution in [2.24, 2.45) is 23.7 Å². The number of furan rings is 1. The topological polar surface area (TPSA) is 114 Å². The van der Waals surface area contributed by atoms with Crippen LogP contribution >= 0.6 is 0 Å². The summed E-state index contributed by atoms with van der Waals surface area (Å²) in [5.41, 5.74) is 0. The Bertz CT molecular complexity index is 975. The lowest BCUT2D eigenvalue weighted by Crippen LogP contribution is -2.49. The predicted octanol–water partition coefficient (Wildman–Crippen LogP) is 3.22. The third-order valence-electron chi connectivity index (χ3n) is 7.79. The van der Waals surface area contributed by atoms with Gasteiger partial charge in [-0.2, -0.15) is 0 Å². The highest BCUT2D eigenvalue weighted by molar-refractivity contribution is 6.07. The number of carbonyl (C=O) groups excluding carboxylic acids is 3. The van der Waals surface area contributed by atoms with Crippen LogP contribution in [0.4, 0.5) is 5.88 Å². The minimum Gasteiger partial charge on any atom is -0.404 e. The van der Waals surface area contributed by atoms with Crippen molar-refractivity contribution in [1.82, 2.24) is 9.80 Å². The van der Waals surface area contributed by atoms with Gasteiger partial charge in [0, 0.05) is 12.1 Å². The van der Waals surface area contributed by atoms with E-state index in [4.69, 9.17) is 4.42 Å². The van der Waals surface area contributed by atoms with E-state index in [1.165, 1.54) is 17.0 Å². The standard InChI is InChI=1S/C23H27N3O6/c1-12-4-3-5-13(2)24(12)18(27)11-16(17-8-9-19(32-17)26(30)31)25-22(28)20-14-6-7-15(10-14)21(20)23(25)29/h6-9,12-16,20-21H,3-5,10-11H2,1-2H3. The third-order valence-corrected chi connectivity index (χ3v) is 7.79. The van der Waals surface area contributed by atoms with E-state index in [2.05, 4.69) is 0 Å². The first-order valence-electron chi connectivity index (χ1n) is 11.4. The number of fused-ring (bicyclic) bond motifs is 5. The lowest BCUT2D eigenvalue weighted by molar-refractivity contribution is -0.402. The van der Waals surface area contributed by atoms with Crippen LogP contribution < -0.4 is 0 Å². The summed E-state index contributed by atoms with van der Waals surface area (Å²) >= 11 is 0. The van der Waals surface area contributed by atoms with Crippen LogP contribution in [0.3, 0.4) is 0 Å². The summed E-state index contributed by atoms with van der Waals surface area (Å²) in [7, 11) is 0. The second-order valence-corrected chi connectivity index (χ2v) is 9.63. The Kier molecular flexibility index (Phi) is 4.94. The number of hydrogen-bond acceptors (Lipinski definition) is 6. The van der Waals surface area contributed by atoms with E-state index in [-0.39, 0.29) is 53.8 Å². The molecule has 9 nitrogen and oxygen atoms in total. The van der Waals surface area contributed by atoms with Crippen molar-refractivity contribution in [3.8, 4) is 0 Å². The molecule has 2 aliphatic carbocycles. The van der Waals surface area contributed by atoms with Crippen molar-refractivity contribution in [1.29, 1.82) is 0 Å². The van der Waals surface area contributed by atoms with E-state index in [0.717, 1.165) is 25.7 Å². The summed E-state index contributed by atoms with van der Waals surface area (Å²) in [5.74, 6) is -1.88. The summed E-state index contributed by atoms with van der Waals surface area (Å²) < 4.78 is 5.42. The molecule has 5 rings (SSSR count). The number of nitro groups is 1. The van der Waals surface area contributed by atoms with Crippen molar-refractivity contribution in [3.63, 3.8) is 0 Å². The van der Waals surface area contributed by atoms with Crippen LogP contribution in [-0.4, -0.2) is 44.5 Å². The first-order valence-corrected chi connectivity index (χ1v) is 11.4. The lowest BCUT2D eigenvalue weighted by Gasteiger charge is -2.40. The Labute approximate surface area is 185 Å². The molecule has 9 heteroatoms. The number of imide groups is 1. The van der Waals surface area contributed by atoms with Gasteiger partial charge in [0.1, 0.15) is 16.7 Å². The molecular formula is C23H27N3O6. The van der Waals surface area contributed by atoms with E-state index in [0.29, 0.717) is 0 Å². The smallest absolute Gasteiger partial charge is 0.404 e. The SMILES string of the molecule is CC1CCCC(C)N1C(=O)CC(c1ccc([N+](=O)[O-])o1)N1C(=O)C2C3C=CC(C3)C2C1=O. The number of nitrogens with zero attached hydrogens (tertiary/aromatic N) is 3. The summed E-state index contributed by atoms with van der Waals surface area (Å²) in [5, 5.41) is 11.2. The molecule has 1 saturated carbocycles. The Morgan fingerprint density at radius 3 is 2.25 bits per heavy atom. The van der Waals surface area contributed by atoms with Crippen LogP contribution in [0.15, 0.2) is 28.7 Å². The van der Waals surface area contributed by atoms with Gasteiger partial charge in [0.2, 0.25) is 17.7 Å². The van der Waals surface area contributed by atoms with E-state index in [1.807, 2.05) is 30.9 Å². The van der Waals surface area contributed by atoms with Crippen LogP contribution in [0.25, 0.3) is 0 Å². The number of amides is 3. The van der Waals surface area contributed by atoms with Gasteiger partial charge in [-0.05, 0) is 57.4 Å². The fourth-order valence-corrected chi connectivity index (χ4v) is 6.35. The molecule has 0 radical (unpaired) electrons. The van der Waals surface area contributed by atoms with Crippen LogP contribution in [0.1, 0.15) is 57.8 Å². The molecule has 3 amide bonds. The maximum atomic E-state index is 13.4. The van der Waals surface area contributed by atoms with Crippen molar-refractivity contribution < 1.29 is 23.7 Å². The molecule has 2 bridgehead atoms. The largest absolute Gasteiger partial charge is 0.433 e. The highest BCUT2D eigenvalue weighted by atomic mass is 16.6. The predicted molar refractivity (Wildman–Crippen MR) is 112 cm³/mol. The average molecular weight is 441 g/mol. The van der Waals surface area contributed by atoms with Gasteiger partial charge in [-0.15, -0.1) is 0 Å². The maximum absolute atomic E-state index is 13.4. The van der Waals surface area contributed by atoms with Gasteiger partial charge in [-0.3, -0.25) is 29.4 Å². The second-order valence-electron chi connectivity index (χ2n) is 9.63. The first kappa shape index (κ1) is 20.9. The average Bonchev–Trinajstić information content (AvgIpc) is 3.51. The summed E-state index contributed by atoms with van der Waals surface area (Å²) in [6, 6.07) is 1.74. The zero-order valence-electron chi connectivity index (χ0n) is 18.2. The number of piperidine rings is 1. The molecule has 2 aliphatic heterocycles. The van der Waals surface area contributed by atoms with Crippen molar-refractivity contribution in [3.05, 3.63) is 40.2 Å². The summed E-state index contributed by atoms with van der Waals surface area (Å²) in [6.07, 6.45) is 7.52. The monoisotopic (exact) mass is 441 g/mol. The normalized spacial score (nSPS) is 34.3. The molecule has 170 valence electrons. The Balaban J connectivity index is 1.48. The fourth-order valence-electron chi connectivity index (χ4n) is 6.35. The molecule has 1 aromatic rings. The van der Waals surface area contributed by atoms with Crippen LogP contribution in [0, 0.1) is 33.8 Å². The molecule has 4 aliphatic rings. The number of allylic oxidation sites excluding steroid dienone is 2. The van der Waals surface area contributed by atoms with E-state index >= 15 is 0 Å². The number of hydrogen-bond donors (Lipinski definition) is 0. The van der Waals surface area contributed by atoms with Gasteiger partial charge in [0.15, 0.2) is 0 Å². The summed E-state index contributed by atoms with van der Waals surface area (Å²) in [6.45, 7) is 4.00. The van der Waals surface area contributed by atoms with Gasteiger partial charge in [0.25, 0.3) is 0 Å². The van der Waals surface area contributed by atoms with Gasteiger partial charge < -0.3 is 9.32 Å². The molecule has 3 heterocycles. The summed E-state index contributed by atoms with van der Waals surface area (Å²) in [4.78, 5) is 53.7. The van der Waals surface area contributed by atoms with Gasteiger partial charge in [-0.1, -0.05) is 12.2 Å². The van der Waals surface area contributed by atoms with Crippen molar-refractivity contribution >= 4 is 23.6 Å². The fraction of sp³-hybridized carbons (Fsp3) is 0.609. The quantitative estimate of drug-likeness (QED) is 0.300. The van der Waals surface area contributed by atoms with Gasteiger partial charge >= 0.3 is 5.88 Å². The van der Waals surface area contributed by atoms with E-state index in [1.54, 1.807) is 0 Å². The number of carbonyl (C=O) groups is 3. The van der Waals surface area contributed by atoms with E-state index in [9.17, 15) is 24.5 Å². The van der Waals surface area contributed by atoms with Crippen LogP contribution in [0.2, 0.25) is 0 Å². The van der Waals surface area contributed by atoms with Gasteiger partial charge in [-0.25, -0.2) is 0 Å². The molecule has 0 N–H and O–H groups in total. The first-order chi connectivity index (χ1) is 15.3. The minimum atomic E-state index is -0.984. The Morgan fingerprint density at radius 2 is 1.72 bits per heavy atom. The minimum absolute atomic E-state index is 0.0378. The molecule has 0 spiro atoms. The molecule has 32 heavy (non-hydrogen) atoms. The molecule has 0 aromatic carbocycles. The third kappa shape index (κ3) is 3.09. The van der Waals surface area contributed by atoms with Crippen molar-refractivity contribution in [2.75, 3.05) is 0 Å². The Hall–Kier alpha value is -2.97. The van der Waals surface area contributed by atoms with Crippen LogP contribution in [-0.2, 0) is 14.4 Å². The molecule has 7 unspecified atom stereocenters. The highest BCUT2D eigenvalue weighted by Gasteiger charge is 2.61. The highest BCUT2D eigenvalue weighted by Crippen LogP contribution is 2.54. The van der Waals surface area contributed by atoms with Gasteiger partial charge in [0.05, 0.1) is 24.3 Å². The zero-order chi connectivity index (χ0) is 22.7. The van der Waals surface area contributed by atoms with E-state index < -0.39 is 28.7 Å². The van der Waals surface area contributed by atoms with Crippen molar-refractivity contribution in [2.45, 2.75) is 64.1 Å². The molecule has 7 atom stereocenters. The number of rotatable bonds is 5. The molecular weight excluding hydrogens is 414 g/mol. The Morgan fingerprint density at radius 1 is 1.12 bits per heavy atom. The van der Waals surface area contributed by atoms with Crippen LogP contribution in [0.5, 0.6) is 0 Å². The molecule has 1 aromatic heterocycles. The second kappa shape index (κ2) is 7.56. The lowest BCUT2D eigenvalue weighted by atomic mass is 9.85. The number of likely N-dealkylation sites (tertiary alicyclic amines) is 2. The maximum Gasteiger partial charge on any atom is 0.433 e. The molecule has 3 fully saturated rings. The molecule has 2 saturated heterocycles.